The number of aliphatic hydroxyl groups is 1. The van der Waals surface area contributed by atoms with Crippen molar-refractivity contribution in [1.29, 1.82) is 0 Å². The van der Waals surface area contributed by atoms with Crippen molar-refractivity contribution in [1.82, 2.24) is 0 Å². The quantitative estimate of drug-likeness (QED) is 0.793. The number of rotatable bonds is 5. The van der Waals surface area contributed by atoms with Crippen molar-refractivity contribution >= 4 is 11.6 Å². The van der Waals surface area contributed by atoms with E-state index in [0.29, 0.717) is 19.4 Å². The van der Waals surface area contributed by atoms with E-state index in [0.717, 1.165) is 16.8 Å². The number of benzene rings is 1. The number of carbonyl (C=O) groups excluding carboxylic acids is 1. The van der Waals surface area contributed by atoms with Gasteiger partial charge in [0.1, 0.15) is 0 Å². The number of hydrogen-bond donors (Lipinski definition) is 2. The maximum Gasteiger partial charge on any atom is 0.226 e. The third kappa shape index (κ3) is 5.56. The zero-order chi connectivity index (χ0) is 14.1. The van der Waals surface area contributed by atoms with Crippen LogP contribution >= 0.6 is 0 Å². The molecule has 0 aliphatic carbocycles. The second-order valence-corrected chi connectivity index (χ2v) is 4.10. The van der Waals surface area contributed by atoms with E-state index in [1.165, 1.54) is 0 Å². The summed E-state index contributed by atoms with van der Waals surface area (Å²) in [7, 11) is 1.57. The Hall–Kier alpha value is -1.83. The van der Waals surface area contributed by atoms with Gasteiger partial charge in [-0.1, -0.05) is 11.8 Å². The van der Waals surface area contributed by atoms with Crippen molar-refractivity contribution < 1.29 is 14.6 Å². The first-order valence-electron chi connectivity index (χ1n) is 6.16. The Morgan fingerprint density at radius 2 is 2.26 bits per heavy atom. The Morgan fingerprint density at radius 3 is 2.89 bits per heavy atom. The molecule has 0 heterocycles. The van der Waals surface area contributed by atoms with Gasteiger partial charge in [-0.05, 0) is 30.7 Å². The molecular formula is C15H19NO3. The zero-order valence-corrected chi connectivity index (χ0v) is 11.3. The Morgan fingerprint density at radius 1 is 1.47 bits per heavy atom. The summed E-state index contributed by atoms with van der Waals surface area (Å²) in [6, 6.07) is 5.60. The number of anilines is 1. The number of ether oxygens (including phenoxy) is 1. The van der Waals surface area contributed by atoms with Crippen molar-refractivity contribution in [2.75, 3.05) is 25.6 Å². The second-order valence-electron chi connectivity index (χ2n) is 4.10. The van der Waals surface area contributed by atoms with E-state index in [1.807, 2.05) is 25.1 Å². The molecular weight excluding hydrogens is 242 g/mol. The van der Waals surface area contributed by atoms with Crippen LogP contribution in [0.5, 0.6) is 0 Å². The number of aliphatic hydroxyl groups excluding tert-OH is 1. The molecule has 2 N–H and O–H groups in total. The van der Waals surface area contributed by atoms with Crippen LogP contribution in [0.15, 0.2) is 18.2 Å². The summed E-state index contributed by atoms with van der Waals surface area (Å²) >= 11 is 0. The van der Waals surface area contributed by atoms with Crippen LogP contribution in [0.2, 0.25) is 0 Å². The van der Waals surface area contributed by atoms with E-state index >= 15 is 0 Å². The summed E-state index contributed by atoms with van der Waals surface area (Å²) in [5.74, 6) is 5.76. The summed E-state index contributed by atoms with van der Waals surface area (Å²) in [6.45, 7) is 2.40. The molecule has 102 valence electrons. The van der Waals surface area contributed by atoms with Gasteiger partial charge in [0.15, 0.2) is 0 Å². The lowest BCUT2D eigenvalue weighted by Crippen LogP contribution is -2.14. The van der Waals surface area contributed by atoms with Crippen LogP contribution in [0.4, 0.5) is 5.69 Å². The van der Waals surface area contributed by atoms with Gasteiger partial charge in [-0.3, -0.25) is 4.79 Å². The van der Waals surface area contributed by atoms with E-state index in [1.54, 1.807) is 7.11 Å². The van der Waals surface area contributed by atoms with Gasteiger partial charge in [0.05, 0.1) is 19.6 Å². The molecule has 0 aromatic heterocycles. The van der Waals surface area contributed by atoms with Gasteiger partial charge in [0.25, 0.3) is 0 Å². The number of aryl methyl sites for hydroxylation is 1. The van der Waals surface area contributed by atoms with Gasteiger partial charge >= 0.3 is 0 Å². The molecule has 4 nitrogen and oxygen atoms in total. The summed E-state index contributed by atoms with van der Waals surface area (Å²) in [4.78, 5) is 11.6. The third-order valence-electron chi connectivity index (χ3n) is 2.50. The van der Waals surface area contributed by atoms with Crippen molar-refractivity contribution in [2.45, 2.75) is 19.8 Å². The van der Waals surface area contributed by atoms with Crippen molar-refractivity contribution in [3.05, 3.63) is 29.3 Å². The molecule has 4 heteroatoms. The minimum Gasteiger partial charge on any atom is -0.395 e. The molecule has 0 bridgehead atoms. The Kier molecular flexibility index (Phi) is 6.65. The largest absolute Gasteiger partial charge is 0.395 e. The molecule has 1 rings (SSSR count). The van der Waals surface area contributed by atoms with Crippen LogP contribution in [0.25, 0.3) is 0 Å². The average Bonchev–Trinajstić information content (AvgIpc) is 2.40. The monoisotopic (exact) mass is 261 g/mol. The number of hydrogen-bond acceptors (Lipinski definition) is 3. The fourth-order valence-electron chi connectivity index (χ4n) is 1.51. The predicted molar refractivity (Wildman–Crippen MR) is 74.9 cm³/mol. The fraction of sp³-hybridized carbons (Fsp3) is 0.400. The Bertz CT molecular complexity index is 486. The summed E-state index contributed by atoms with van der Waals surface area (Å²) in [5, 5.41) is 11.5. The molecule has 1 aromatic rings. The highest BCUT2D eigenvalue weighted by Gasteiger charge is 2.04. The van der Waals surface area contributed by atoms with E-state index < -0.39 is 0 Å². The molecule has 1 aromatic carbocycles. The minimum atomic E-state index is -0.0657. The molecule has 0 radical (unpaired) electrons. The molecule has 0 fully saturated rings. The van der Waals surface area contributed by atoms with E-state index in [9.17, 15) is 4.79 Å². The topological polar surface area (TPSA) is 58.6 Å². The van der Waals surface area contributed by atoms with E-state index in [2.05, 4.69) is 17.2 Å². The first-order chi connectivity index (χ1) is 9.17. The fourth-order valence-corrected chi connectivity index (χ4v) is 1.51. The SMILES string of the molecule is COCCC(=O)Nc1ccc(C#CCCO)cc1C. The summed E-state index contributed by atoms with van der Waals surface area (Å²) < 4.78 is 4.85. The molecule has 0 aliphatic rings. The molecule has 0 unspecified atom stereocenters. The van der Waals surface area contributed by atoms with Gasteiger partial charge in [0.2, 0.25) is 5.91 Å². The van der Waals surface area contributed by atoms with Gasteiger partial charge < -0.3 is 15.2 Å². The van der Waals surface area contributed by atoms with Gasteiger partial charge in [-0.25, -0.2) is 0 Å². The first-order valence-corrected chi connectivity index (χ1v) is 6.16. The standard InChI is InChI=1S/C15H19NO3/c1-12-11-13(5-3-4-9-17)6-7-14(12)16-15(18)8-10-19-2/h6-7,11,17H,4,8-10H2,1-2H3,(H,16,18). The zero-order valence-electron chi connectivity index (χ0n) is 11.3. The molecule has 1 amide bonds. The minimum absolute atomic E-state index is 0.0657. The first kappa shape index (κ1) is 15.2. The number of methoxy groups -OCH3 is 1. The molecule has 0 saturated carbocycles. The van der Waals surface area contributed by atoms with Gasteiger partial charge in [-0.2, -0.15) is 0 Å². The van der Waals surface area contributed by atoms with E-state index in [4.69, 9.17) is 9.84 Å². The van der Waals surface area contributed by atoms with Crippen molar-refractivity contribution in [3.63, 3.8) is 0 Å². The molecule has 0 spiro atoms. The smallest absolute Gasteiger partial charge is 0.226 e. The van der Waals surface area contributed by atoms with Gasteiger partial charge in [0, 0.05) is 24.8 Å². The van der Waals surface area contributed by atoms with Crippen molar-refractivity contribution in [3.8, 4) is 11.8 Å². The van der Waals surface area contributed by atoms with Crippen LogP contribution in [0.1, 0.15) is 24.0 Å². The number of nitrogens with one attached hydrogen (secondary N) is 1. The highest BCUT2D eigenvalue weighted by atomic mass is 16.5. The number of carbonyl (C=O) groups is 1. The molecule has 19 heavy (non-hydrogen) atoms. The summed E-state index contributed by atoms with van der Waals surface area (Å²) in [5.41, 5.74) is 2.62. The van der Waals surface area contributed by atoms with Crippen LogP contribution in [-0.4, -0.2) is 31.3 Å². The maximum atomic E-state index is 11.6. The lowest BCUT2D eigenvalue weighted by molar-refractivity contribution is -0.117. The Balaban J connectivity index is 2.67. The molecule has 0 atom stereocenters. The van der Waals surface area contributed by atoms with Gasteiger partial charge in [-0.15, -0.1) is 0 Å². The van der Waals surface area contributed by atoms with Crippen LogP contribution in [0, 0.1) is 18.8 Å². The van der Waals surface area contributed by atoms with Crippen LogP contribution in [-0.2, 0) is 9.53 Å². The maximum absolute atomic E-state index is 11.6. The second kappa shape index (κ2) is 8.30. The number of amides is 1. The molecule has 0 aliphatic heterocycles. The highest BCUT2D eigenvalue weighted by molar-refractivity contribution is 5.91. The van der Waals surface area contributed by atoms with Crippen LogP contribution in [0.3, 0.4) is 0 Å². The van der Waals surface area contributed by atoms with Crippen molar-refractivity contribution in [2.24, 2.45) is 0 Å². The highest BCUT2D eigenvalue weighted by Crippen LogP contribution is 2.16. The average molecular weight is 261 g/mol. The van der Waals surface area contributed by atoms with Crippen LogP contribution < -0.4 is 5.32 Å². The third-order valence-corrected chi connectivity index (χ3v) is 2.50. The lowest BCUT2D eigenvalue weighted by atomic mass is 10.1. The Labute approximate surface area is 113 Å². The summed E-state index contributed by atoms with van der Waals surface area (Å²) in [6.07, 6.45) is 0.808. The molecule has 0 saturated heterocycles. The normalized spacial score (nSPS) is 9.63. The van der Waals surface area contributed by atoms with E-state index in [-0.39, 0.29) is 12.5 Å². The predicted octanol–water partition coefficient (Wildman–Crippen LogP) is 1.70. The lowest BCUT2D eigenvalue weighted by Gasteiger charge is -2.08.